The Morgan fingerprint density at radius 3 is 2.57 bits per heavy atom. The number of nitrogens with zero attached hydrogens (tertiary/aromatic N) is 6. The summed E-state index contributed by atoms with van der Waals surface area (Å²) in [5.74, 6) is 3.25. The molecule has 1 fully saturated rings. The molecule has 0 N–H and O–H groups in total. The Hall–Kier alpha value is -1.91. The second kappa shape index (κ2) is 8.32. The first-order valence-corrected chi connectivity index (χ1v) is 12.8. The van der Waals surface area contributed by atoms with Gasteiger partial charge in [-0.25, -0.2) is 17.7 Å². The van der Waals surface area contributed by atoms with Gasteiger partial charge in [-0.2, -0.15) is 0 Å². The molecule has 10 heteroatoms. The summed E-state index contributed by atoms with van der Waals surface area (Å²) in [7, 11) is -0.413. The van der Waals surface area contributed by atoms with Gasteiger partial charge >= 0.3 is 0 Å². The van der Waals surface area contributed by atoms with Crippen LogP contribution < -0.4 is 0 Å². The molecule has 30 heavy (non-hydrogen) atoms. The third kappa shape index (κ3) is 3.88. The van der Waals surface area contributed by atoms with Crippen LogP contribution in [-0.2, 0) is 28.9 Å². The van der Waals surface area contributed by atoms with Crippen LogP contribution in [0.4, 0.5) is 0 Å². The maximum Gasteiger partial charge on any atom is 0.242 e. The van der Waals surface area contributed by atoms with E-state index in [9.17, 15) is 8.42 Å². The summed E-state index contributed by atoms with van der Waals surface area (Å²) in [6, 6.07) is 5.20. The van der Waals surface area contributed by atoms with Crippen LogP contribution in [0.1, 0.15) is 50.7 Å². The van der Waals surface area contributed by atoms with E-state index in [2.05, 4.69) is 33.2 Å². The van der Waals surface area contributed by atoms with Crippen molar-refractivity contribution in [3.63, 3.8) is 0 Å². The normalized spacial score (nSPS) is 14.8. The van der Waals surface area contributed by atoms with Crippen molar-refractivity contribution in [2.24, 2.45) is 0 Å². The Morgan fingerprint density at radius 1 is 1.17 bits per heavy atom. The highest BCUT2D eigenvalue weighted by Gasteiger charge is 2.30. The van der Waals surface area contributed by atoms with E-state index in [1.165, 1.54) is 31.2 Å². The topological polar surface area (TPSA) is 85.9 Å². The summed E-state index contributed by atoms with van der Waals surface area (Å²) in [4.78, 5) is 5.06. The number of fused-ring (bicyclic) bond motifs is 1. The molecular weight excluding hydrogens is 420 g/mol. The molecule has 0 spiro atoms. The van der Waals surface area contributed by atoms with E-state index in [1.54, 1.807) is 23.9 Å². The van der Waals surface area contributed by atoms with Crippen molar-refractivity contribution in [1.82, 2.24) is 28.6 Å². The minimum Gasteiger partial charge on any atom is -0.327 e. The molecule has 1 saturated carbocycles. The van der Waals surface area contributed by atoms with E-state index in [0.29, 0.717) is 17.2 Å². The number of rotatable bonds is 9. The fourth-order valence-electron chi connectivity index (χ4n) is 3.59. The van der Waals surface area contributed by atoms with Crippen LogP contribution in [0.25, 0.3) is 11.0 Å². The van der Waals surface area contributed by atoms with Crippen LogP contribution in [0, 0.1) is 0 Å². The lowest BCUT2D eigenvalue weighted by atomic mass is 10.3. The van der Waals surface area contributed by atoms with E-state index in [0.717, 1.165) is 41.8 Å². The van der Waals surface area contributed by atoms with E-state index in [-0.39, 0.29) is 4.90 Å². The van der Waals surface area contributed by atoms with Crippen LogP contribution in [0.5, 0.6) is 0 Å². The predicted octanol–water partition coefficient (Wildman–Crippen LogP) is 3.48. The standard InChI is InChI=1S/C20H28N6O2S2/c1-5-11-26-17-10-9-15(30(27,28)24(3)4)12-16(17)21-18(26)13-29-20-23-22-19(14-7-8-14)25(20)6-2/h9-10,12,14H,5-8,11,13H2,1-4H3. The van der Waals surface area contributed by atoms with Gasteiger partial charge < -0.3 is 9.13 Å². The van der Waals surface area contributed by atoms with Gasteiger partial charge in [0.15, 0.2) is 5.16 Å². The van der Waals surface area contributed by atoms with Gasteiger partial charge in [-0.15, -0.1) is 10.2 Å². The fraction of sp³-hybridized carbons (Fsp3) is 0.550. The van der Waals surface area contributed by atoms with E-state index in [1.807, 2.05) is 6.07 Å². The Bertz CT molecular complexity index is 1160. The summed E-state index contributed by atoms with van der Waals surface area (Å²) in [5, 5.41) is 9.75. The molecule has 0 amide bonds. The Kier molecular flexibility index (Phi) is 5.91. The van der Waals surface area contributed by atoms with Gasteiger partial charge in [-0.3, -0.25) is 0 Å². The fourth-order valence-corrected chi connectivity index (χ4v) is 5.47. The third-order valence-corrected chi connectivity index (χ3v) is 8.13. The number of aromatic nitrogens is 5. The molecule has 1 aliphatic carbocycles. The molecule has 3 aromatic rings. The van der Waals surface area contributed by atoms with Gasteiger partial charge in [-0.1, -0.05) is 18.7 Å². The summed E-state index contributed by atoms with van der Waals surface area (Å²) < 4.78 is 30.6. The maximum absolute atomic E-state index is 12.5. The van der Waals surface area contributed by atoms with Crippen LogP contribution in [0.2, 0.25) is 0 Å². The molecule has 0 unspecified atom stereocenters. The van der Waals surface area contributed by atoms with Crippen LogP contribution in [0.15, 0.2) is 28.3 Å². The monoisotopic (exact) mass is 448 g/mol. The number of sulfonamides is 1. The van der Waals surface area contributed by atoms with Gasteiger partial charge in [0.2, 0.25) is 10.0 Å². The second-order valence-corrected chi connectivity index (χ2v) is 10.9. The van der Waals surface area contributed by atoms with E-state index in [4.69, 9.17) is 4.98 Å². The van der Waals surface area contributed by atoms with Crippen molar-refractivity contribution in [3.05, 3.63) is 29.8 Å². The highest BCUT2D eigenvalue weighted by molar-refractivity contribution is 7.98. The zero-order valence-electron chi connectivity index (χ0n) is 17.9. The molecule has 2 heterocycles. The summed E-state index contributed by atoms with van der Waals surface area (Å²) in [6.45, 7) is 5.94. The highest BCUT2D eigenvalue weighted by Crippen LogP contribution is 2.40. The SMILES string of the molecule is CCCn1c(CSc2nnc(C3CC3)n2CC)nc2cc(S(=O)(=O)N(C)C)ccc21. The highest BCUT2D eigenvalue weighted by atomic mass is 32.2. The number of aryl methyl sites for hydroxylation is 1. The summed E-state index contributed by atoms with van der Waals surface area (Å²) in [6.07, 6.45) is 3.37. The second-order valence-electron chi connectivity index (χ2n) is 7.77. The molecule has 0 saturated heterocycles. The Labute approximate surface area is 181 Å². The first kappa shape index (κ1) is 21.3. The molecule has 0 radical (unpaired) electrons. The molecule has 162 valence electrons. The average molecular weight is 449 g/mol. The average Bonchev–Trinajstić information content (AvgIpc) is 3.39. The van der Waals surface area contributed by atoms with Gasteiger partial charge in [-0.05, 0) is 44.4 Å². The third-order valence-electron chi connectivity index (χ3n) is 5.36. The van der Waals surface area contributed by atoms with Crippen molar-refractivity contribution in [1.29, 1.82) is 0 Å². The van der Waals surface area contributed by atoms with Gasteiger partial charge in [0, 0.05) is 33.1 Å². The van der Waals surface area contributed by atoms with Crippen molar-refractivity contribution in [3.8, 4) is 0 Å². The predicted molar refractivity (Wildman–Crippen MR) is 118 cm³/mol. The molecule has 2 aromatic heterocycles. The lowest BCUT2D eigenvalue weighted by Crippen LogP contribution is -2.22. The molecule has 0 atom stereocenters. The molecule has 4 rings (SSSR count). The first-order chi connectivity index (χ1) is 14.4. The Morgan fingerprint density at radius 2 is 1.93 bits per heavy atom. The number of benzene rings is 1. The van der Waals surface area contributed by atoms with Crippen molar-refractivity contribution >= 4 is 32.8 Å². The van der Waals surface area contributed by atoms with Gasteiger partial charge in [0.25, 0.3) is 0 Å². The van der Waals surface area contributed by atoms with Crippen LogP contribution in [0.3, 0.4) is 0 Å². The molecule has 8 nitrogen and oxygen atoms in total. The number of hydrogen-bond acceptors (Lipinski definition) is 6. The summed E-state index contributed by atoms with van der Waals surface area (Å²) in [5.41, 5.74) is 1.67. The summed E-state index contributed by atoms with van der Waals surface area (Å²) >= 11 is 1.64. The maximum atomic E-state index is 12.5. The van der Waals surface area contributed by atoms with Gasteiger partial charge in [0.05, 0.1) is 21.7 Å². The molecular formula is C20H28N6O2S2. The van der Waals surface area contributed by atoms with Crippen LogP contribution in [-0.4, -0.2) is 51.1 Å². The minimum atomic E-state index is -3.49. The van der Waals surface area contributed by atoms with E-state index >= 15 is 0 Å². The largest absolute Gasteiger partial charge is 0.327 e. The Balaban J connectivity index is 1.65. The van der Waals surface area contributed by atoms with Crippen LogP contribution >= 0.6 is 11.8 Å². The smallest absolute Gasteiger partial charge is 0.242 e. The quantitative estimate of drug-likeness (QED) is 0.466. The van der Waals surface area contributed by atoms with Crippen molar-refractivity contribution < 1.29 is 8.42 Å². The molecule has 1 aromatic carbocycles. The minimum absolute atomic E-state index is 0.264. The van der Waals surface area contributed by atoms with Crippen molar-refractivity contribution in [2.75, 3.05) is 14.1 Å². The first-order valence-electron chi connectivity index (χ1n) is 10.3. The lowest BCUT2D eigenvalue weighted by molar-refractivity contribution is 0.521. The van der Waals surface area contributed by atoms with Gasteiger partial charge in [0.1, 0.15) is 11.6 Å². The molecule has 0 bridgehead atoms. The van der Waals surface area contributed by atoms with E-state index < -0.39 is 10.0 Å². The number of imidazole rings is 1. The number of hydrogen-bond donors (Lipinski definition) is 0. The molecule has 1 aliphatic rings. The lowest BCUT2D eigenvalue weighted by Gasteiger charge is -2.11. The molecule has 0 aliphatic heterocycles. The number of thioether (sulfide) groups is 1. The zero-order valence-corrected chi connectivity index (χ0v) is 19.5. The van der Waals surface area contributed by atoms with Crippen molar-refractivity contribution in [2.45, 2.75) is 67.9 Å². The zero-order chi connectivity index (χ0) is 21.5.